The van der Waals surface area contributed by atoms with Crippen LogP contribution < -0.4 is 21.1 Å². The fourth-order valence-electron chi connectivity index (χ4n) is 5.75. The van der Waals surface area contributed by atoms with Crippen molar-refractivity contribution in [2.45, 2.75) is 32.6 Å². The smallest absolute Gasteiger partial charge is 0.237 e. The molecule has 1 aromatic carbocycles. The van der Waals surface area contributed by atoms with Crippen LogP contribution in [0.25, 0.3) is 21.9 Å². The van der Waals surface area contributed by atoms with Gasteiger partial charge in [-0.2, -0.15) is 5.10 Å². The summed E-state index contributed by atoms with van der Waals surface area (Å²) in [4.78, 5) is 22.0. The van der Waals surface area contributed by atoms with E-state index in [1.807, 2.05) is 26.4 Å². The third kappa shape index (κ3) is 4.00. The molecule has 0 radical (unpaired) electrons. The zero-order chi connectivity index (χ0) is 26.6. The molecule has 1 fully saturated rings. The minimum atomic E-state index is -0.530. The lowest BCUT2D eigenvalue weighted by molar-refractivity contribution is -0.117. The van der Waals surface area contributed by atoms with E-state index in [9.17, 15) is 4.79 Å². The zero-order valence-corrected chi connectivity index (χ0v) is 21.6. The van der Waals surface area contributed by atoms with E-state index >= 15 is 4.39 Å². The van der Waals surface area contributed by atoms with Crippen molar-refractivity contribution in [2.75, 3.05) is 29.5 Å². The number of nitrogen functional groups attached to an aromatic ring is 1. The number of nitrogens with two attached hydrogens (primary N) is 1. The summed E-state index contributed by atoms with van der Waals surface area (Å²) >= 11 is 0. The first-order valence-electron chi connectivity index (χ1n) is 12.9. The van der Waals surface area contributed by atoms with Crippen LogP contribution in [0.1, 0.15) is 36.8 Å². The highest BCUT2D eigenvalue weighted by atomic mass is 19.1. The van der Waals surface area contributed by atoms with Gasteiger partial charge in [-0.15, -0.1) is 0 Å². The molecular formula is C28H30FN7O2. The van der Waals surface area contributed by atoms with Gasteiger partial charge in [0.2, 0.25) is 11.8 Å². The molecule has 9 nitrogen and oxygen atoms in total. The second kappa shape index (κ2) is 9.27. The van der Waals surface area contributed by atoms with E-state index in [4.69, 9.17) is 10.5 Å². The lowest BCUT2D eigenvalue weighted by Gasteiger charge is -2.22. The predicted molar refractivity (Wildman–Crippen MR) is 145 cm³/mol. The first-order chi connectivity index (χ1) is 18.4. The minimum absolute atomic E-state index is 0.00560. The van der Waals surface area contributed by atoms with Gasteiger partial charge in [-0.05, 0) is 47.9 Å². The molecule has 38 heavy (non-hydrogen) atoms. The molecule has 0 spiro atoms. The molecule has 0 saturated heterocycles. The van der Waals surface area contributed by atoms with Crippen molar-refractivity contribution in [1.29, 1.82) is 0 Å². The lowest BCUT2D eigenvalue weighted by atomic mass is 9.97. The predicted octanol–water partition coefficient (Wildman–Crippen LogP) is 4.63. The Bertz CT molecular complexity index is 1570. The average Bonchev–Trinajstić information content (AvgIpc) is 3.46. The molecule has 0 bridgehead atoms. The molecule has 4 aromatic rings. The Kier molecular flexibility index (Phi) is 5.89. The van der Waals surface area contributed by atoms with Crippen LogP contribution in [0.4, 0.5) is 21.6 Å². The number of nitrogens with one attached hydrogen (secondary N) is 2. The monoisotopic (exact) mass is 515 g/mol. The van der Waals surface area contributed by atoms with Crippen molar-refractivity contribution in [2.24, 2.45) is 18.9 Å². The van der Waals surface area contributed by atoms with Crippen molar-refractivity contribution < 1.29 is 13.9 Å². The number of ether oxygens (including phenoxy) is 1. The molecule has 2 aliphatic rings. The number of halogens is 1. The average molecular weight is 516 g/mol. The number of aromatic nitrogens is 4. The summed E-state index contributed by atoms with van der Waals surface area (Å²) < 4.78 is 22.8. The Labute approximate surface area is 219 Å². The maximum Gasteiger partial charge on any atom is 0.237 e. The van der Waals surface area contributed by atoms with Gasteiger partial charge < -0.3 is 21.1 Å². The van der Waals surface area contributed by atoms with Crippen molar-refractivity contribution in [3.8, 4) is 17.0 Å². The Morgan fingerprint density at radius 2 is 2.11 bits per heavy atom. The van der Waals surface area contributed by atoms with Crippen LogP contribution in [-0.2, 0) is 11.8 Å². The van der Waals surface area contributed by atoms with Crippen LogP contribution >= 0.6 is 0 Å². The number of benzene rings is 1. The Balaban J connectivity index is 1.31. The van der Waals surface area contributed by atoms with Gasteiger partial charge >= 0.3 is 0 Å². The third-order valence-electron chi connectivity index (χ3n) is 7.69. The SMILES string of the molecule is CCC[C@@H]1[C@@H](C(=O)Nc2cc3cc(-c4cnc5c(c4C)NCCO5)c(F)c(N)c3cn2)[C@@H]1c1cnn(C)c1. The number of nitrogens with zero attached hydrogens (tertiary/aromatic N) is 4. The van der Waals surface area contributed by atoms with Crippen molar-refractivity contribution in [3.05, 3.63) is 53.9 Å². The topological polar surface area (TPSA) is 120 Å². The van der Waals surface area contributed by atoms with Crippen molar-refractivity contribution >= 4 is 33.9 Å². The summed E-state index contributed by atoms with van der Waals surface area (Å²) in [5.74, 6) is 0.603. The van der Waals surface area contributed by atoms with E-state index in [-0.39, 0.29) is 29.3 Å². The van der Waals surface area contributed by atoms with Crippen LogP contribution in [0.2, 0.25) is 0 Å². The van der Waals surface area contributed by atoms with Gasteiger partial charge in [0.1, 0.15) is 18.1 Å². The van der Waals surface area contributed by atoms with Gasteiger partial charge in [0.15, 0.2) is 5.82 Å². The van der Waals surface area contributed by atoms with Crippen LogP contribution in [0.3, 0.4) is 0 Å². The Morgan fingerprint density at radius 1 is 1.26 bits per heavy atom. The van der Waals surface area contributed by atoms with Gasteiger partial charge in [0, 0.05) is 60.5 Å². The summed E-state index contributed by atoms with van der Waals surface area (Å²) in [6.07, 6.45) is 8.91. The van der Waals surface area contributed by atoms with Crippen LogP contribution in [-0.4, -0.2) is 38.8 Å². The largest absolute Gasteiger partial charge is 0.474 e. The molecule has 4 heterocycles. The molecule has 0 unspecified atom stereocenters. The number of rotatable bonds is 6. The third-order valence-corrected chi connectivity index (χ3v) is 7.69. The lowest BCUT2D eigenvalue weighted by Crippen LogP contribution is -2.20. The van der Waals surface area contributed by atoms with Crippen LogP contribution in [0.15, 0.2) is 36.9 Å². The number of hydrogen-bond donors (Lipinski definition) is 3. The highest BCUT2D eigenvalue weighted by molar-refractivity contribution is 6.01. The number of carbonyl (C=O) groups is 1. The molecule has 1 saturated carbocycles. The molecule has 4 N–H and O–H groups in total. The van der Waals surface area contributed by atoms with E-state index < -0.39 is 5.82 Å². The number of aryl methyl sites for hydroxylation is 1. The minimum Gasteiger partial charge on any atom is -0.474 e. The summed E-state index contributed by atoms with van der Waals surface area (Å²) in [6, 6.07) is 3.47. The molecule has 1 aliphatic heterocycles. The van der Waals surface area contributed by atoms with Gasteiger partial charge in [-0.25, -0.2) is 14.4 Å². The summed E-state index contributed by atoms with van der Waals surface area (Å²) in [5.41, 5.74) is 9.84. The van der Waals surface area contributed by atoms with E-state index in [0.29, 0.717) is 46.7 Å². The number of hydrogen-bond acceptors (Lipinski definition) is 7. The molecule has 10 heteroatoms. The normalized spacial score (nSPS) is 19.9. The fraction of sp³-hybridized carbons (Fsp3) is 0.357. The van der Waals surface area contributed by atoms with E-state index in [0.717, 1.165) is 29.7 Å². The van der Waals surface area contributed by atoms with Gasteiger partial charge in [-0.3, -0.25) is 9.48 Å². The van der Waals surface area contributed by atoms with Gasteiger partial charge in [0.05, 0.1) is 11.9 Å². The maximum absolute atomic E-state index is 15.5. The molecule has 6 rings (SSSR count). The molecule has 3 atom stereocenters. The number of amides is 1. The Hall–Kier alpha value is -4.21. The number of pyridine rings is 2. The standard InChI is InChI=1S/C28H30FN7O2/c1-4-5-17-22(16-10-34-36(3)13-16)23(17)27(37)35-21-9-15-8-18(24(29)25(30)20(15)12-32-21)19-11-33-28-26(14(19)2)31-6-7-38-28/h8-13,17,22-23,31H,4-7,30H2,1-3H3,(H,32,35,37)/t17-,22+,23+/m0/s1. The fourth-order valence-corrected chi connectivity index (χ4v) is 5.75. The van der Waals surface area contributed by atoms with E-state index in [1.165, 1.54) is 6.20 Å². The van der Waals surface area contributed by atoms with Crippen LogP contribution in [0.5, 0.6) is 5.88 Å². The van der Waals surface area contributed by atoms with Crippen molar-refractivity contribution in [3.63, 3.8) is 0 Å². The zero-order valence-electron chi connectivity index (χ0n) is 21.6. The second-order valence-corrected chi connectivity index (χ2v) is 10.1. The van der Waals surface area contributed by atoms with Crippen LogP contribution in [0, 0.1) is 24.6 Å². The highest BCUT2D eigenvalue weighted by Gasteiger charge is 2.55. The first kappa shape index (κ1) is 24.1. The molecule has 196 valence electrons. The van der Waals surface area contributed by atoms with E-state index in [2.05, 4.69) is 32.6 Å². The number of anilines is 3. The number of fused-ring (bicyclic) bond motifs is 2. The highest BCUT2D eigenvalue weighted by Crippen LogP contribution is 2.56. The molecule has 1 aliphatic carbocycles. The second-order valence-electron chi connectivity index (χ2n) is 10.1. The molecule has 3 aromatic heterocycles. The van der Waals surface area contributed by atoms with Gasteiger partial charge in [-0.1, -0.05) is 13.3 Å². The summed E-state index contributed by atoms with van der Waals surface area (Å²) in [5, 5.41) is 11.7. The summed E-state index contributed by atoms with van der Waals surface area (Å²) in [7, 11) is 1.88. The van der Waals surface area contributed by atoms with Gasteiger partial charge in [0.25, 0.3) is 0 Å². The number of carbonyl (C=O) groups excluding carboxylic acids is 1. The first-order valence-corrected chi connectivity index (χ1v) is 12.9. The molecule has 1 amide bonds. The maximum atomic E-state index is 15.5. The summed E-state index contributed by atoms with van der Waals surface area (Å²) in [6.45, 7) is 5.21. The van der Waals surface area contributed by atoms with Crippen molar-refractivity contribution in [1.82, 2.24) is 19.7 Å². The quantitative estimate of drug-likeness (QED) is 0.320. The molecular weight excluding hydrogens is 485 g/mol. The Morgan fingerprint density at radius 3 is 2.87 bits per heavy atom. The van der Waals surface area contributed by atoms with E-state index in [1.54, 1.807) is 23.0 Å².